The largest absolute Gasteiger partial charge is 0.350 e. The Balaban J connectivity index is 2.31. The predicted molar refractivity (Wildman–Crippen MR) is 61.8 cm³/mol. The first-order valence-electron chi connectivity index (χ1n) is 5.63. The molecule has 0 aromatic heterocycles. The van der Waals surface area contributed by atoms with Crippen LogP contribution < -0.4 is 10.6 Å². The Labute approximate surface area is 92.4 Å². The fourth-order valence-corrected chi connectivity index (χ4v) is 1.82. The lowest BCUT2D eigenvalue weighted by Crippen LogP contribution is -2.53. The molecule has 0 spiro atoms. The highest BCUT2D eigenvalue weighted by molar-refractivity contribution is 5.78. The van der Waals surface area contributed by atoms with E-state index in [0.717, 1.165) is 19.6 Å². The van der Waals surface area contributed by atoms with E-state index in [4.69, 9.17) is 0 Å². The van der Waals surface area contributed by atoms with Gasteiger partial charge in [-0.05, 0) is 27.7 Å². The van der Waals surface area contributed by atoms with E-state index in [1.54, 1.807) is 0 Å². The third-order valence-electron chi connectivity index (χ3n) is 2.33. The molecule has 1 rings (SSSR count). The van der Waals surface area contributed by atoms with Crippen molar-refractivity contribution in [2.75, 3.05) is 26.2 Å². The van der Waals surface area contributed by atoms with Gasteiger partial charge >= 0.3 is 0 Å². The fraction of sp³-hybridized carbons (Fsp3) is 0.909. The number of piperazine rings is 1. The topological polar surface area (TPSA) is 44.4 Å². The van der Waals surface area contributed by atoms with Crippen molar-refractivity contribution in [3.63, 3.8) is 0 Å². The van der Waals surface area contributed by atoms with Crippen molar-refractivity contribution in [3.05, 3.63) is 0 Å². The summed E-state index contributed by atoms with van der Waals surface area (Å²) < 4.78 is 0. The monoisotopic (exact) mass is 213 g/mol. The van der Waals surface area contributed by atoms with Crippen molar-refractivity contribution in [2.45, 2.75) is 39.3 Å². The molecule has 1 aliphatic rings. The van der Waals surface area contributed by atoms with E-state index in [2.05, 4.69) is 22.5 Å². The molecule has 2 N–H and O–H groups in total. The molecular formula is C11H23N3O. The summed E-state index contributed by atoms with van der Waals surface area (Å²) in [7, 11) is 0. The van der Waals surface area contributed by atoms with Crippen molar-refractivity contribution >= 4 is 5.91 Å². The predicted octanol–water partition coefficient (Wildman–Crippen LogP) is 0.195. The van der Waals surface area contributed by atoms with Gasteiger partial charge in [-0.2, -0.15) is 0 Å². The van der Waals surface area contributed by atoms with E-state index >= 15 is 0 Å². The summed E-state index contributed by atoms with van der Waals surface area (Å²) in [6.45, 7) is 11.6. The molecule has 1 amide bonds. The lowest BCUT2D eigenvalue weighted by molar-refractivity contribution is -0.123. The molecule has 1 fully saturated rings. The maximum absolute atomic E-state index is 11.7. The molecule has 1 atom stereocenters. The van der Waals surface area contributed by atoms with Gasteiger partial charge in [0, 0.05) is 31.2 Å². The first-order valence-corrected chi connectivity index (χ1v) is 5.63. The van der Waals surface area contributed by atoms with Gasteiger partial charge in [-0.25, -0.2) is 0 Å². The SMILES string of the molecule is C[C@H]1CN(CC(=O)NC(C)(C)C)CCN1. The summed E-state index contributed by atoms with van der Waals surface area (Å²) in [5.41, 5.74) is -0.128. The second kappa shape index (κ2) is 4.94. The van der Waals surface area contributed by atoms with Gasteiger partial charge in [-0.1, -0.05) is 0 Å². The van der Waals surface area contributed by atoms with E-state index in [0.29, 0.717) is 12.6 Å². The summed E-state index contributed by atoms with van der Waals surface area (Å²) >= 11 is 0. The average molecular weight is 213 g/mol. The van der Waals surface area contributed by atoms with E-state index in [1.807, 2.05) is 20.8 Å². The lowest BCUT2D eigenvalue weighted by Gasteiger charge is -2.32. The minimum Gasteiger partial charge on any atom is -0.350 e. The first-order chi connectivity index (χ1) is 6.87. The van der Waals surface area contributed by atoms with Gasteiger partial charge < -0.3 is 10.6 Å². The van der Waals surface area contributed by atoms with E-state index in [1.165, 1.54) is 0 Å². The maximum Gasteiger partial charge on any atom is 0.234 e. The van der Waals surface area contributed by atoms with Gasteiger partial charge in [0.25, 0.3) is 0 Å². The second-order valence-corrected chi connectivity index (χ2v) is 5.39. The number of carbonyl (C=O) groups excluding carboxylic acids is 1. The highest BCUT2D eigenvalue weighted by atomic mass is 16.2. The number of hydrogen-bond donors (Lipinski definition) is 2. The highest BCUT2D eigenvalue weighted by Gasteiger charge is 2.20. The van der Waals surface area contributed by atoms with Crippen LogP contribution in [0.15, 0.2) is 0 Å². The third kappa shape index (κ3) is 5.14. The van der Waals surface area contributed by atoms with Crippen LogP contribution in [0.1, 0.15) is 27.7 Å². The molecule has 15 heavy (non-hydrogen) atoms. The highest BCUT2D eigenvalue weighted by Crippen LogP contribution is 2.01. The van der Waals surface area contributed by atoms with Crippen LogP contribution in [-0.4, -0.2) is 48.6 Å². The van der Waals surface area contributed by atoms with Gasteiger partial charge in [-0.3, -0.25) is 9.69 Å². The Bertz CT molecular complexity index is 222. The van der Waals surface area contributed by atoms with Crippen LogP contribution in [-0.2, 0) is 4.79 Å². The molecule has 88 valence electrons. The van der Waals surface area contributed by atoms with Crippen LogP contribution in [0, 0.1) is 0 Å². The summed E-state index contributed by atoms with van der Waals surface area (Å²) in [4.78, 5) is 13.9. The van der Waals surface area contributed by atoms with Gasteiger partial charge in [0.2, 0.25) is 5.91 Å². The summed E-state index contributed by atoms with van der Waals surface area (Å²) in [6.07, 6.45) is 0. The summed E-state index contributed by atoms with van der Waals surface area (Å²) in [5.74, 6) is 0.122. The smallest absolute Gasteiger partial charge is 0.234 e. The Morgan fingerprint density at radius 3 is 2.73 bits per heavy atom. The van der Waals surface area contributed by atoms with E-state index in [9.17, 15) is 4.79 Å². The minimum atomic E-state index is -0.128. The Hall–Kier alpha value is -0.610. The van der Waals surface area contributed by atoms with E-state index < -0.39 is 0 Å². The molecule has 4 heteroatoms. The number of rotatable bonds is 2. The number of nitrogens with zero attached hydrogens (tertiary/aromatic N) is 1. The van der Waals surface area contributed by atoms with Gasteiger partial charge in [-0.15, -0.1) is 0 Å². The van der Waals surface area contributed by atoms with Crippen molar-refractivity contribution in [3.8, 4) is 0 Å². The number of hydrogen-bond acceptors (Lipinski definition) is 3. The molecule has 0 aromatic rings. The molecule has 0 unspecified atom stereocenters. The van der Waals surface area contributed by atoms with Crippen molar-refractivity contribution < 1.29 is 4.79 Å². The Morgan fingerprint density at radius 1 is 1.53 bits per heavy atom. The van der Waals surface area contributed by atoms with Gasteiger partial charge in [0.05, 0.1) is 6.54 Å². The normalized spacial score (nSPS) is 23.9. The molecule has 0 bridgehead atoms. The number of carbonyl (C=O) groups is 1. The number of amides is 1. The lowest BCUT2D eigenvalue weighted by atomic mass is 10.1. The zero-order valence-corrected chi connectivity index (χ0v) is 10.3. The minimum absolute atomic E-state index is 0.122. The Kier molecular flexibility index (Phi) is 4.11. The molecule has 1 heterocycles. The molecule has 1 aliphatic heterocycles. The molecule has 0 saturated carbocycles. The van der Waals surface area contributed by atoms with Crippen LogP contribution in [0.5, 0.6) is 0 Å². The van der Waals surface area contributed by atoms with E-state index in [-0.39, 0.29) is 11.4 Å². The molecule has 0 aliphatic carbocycles. The molecular weight excluding hydrogens is 190 g/mol. The standard InChI is InChI=1S/C11H23N3O/c1-9-7-14(6-5-12-9)8-10(15)13-11(2,3)4/h9,12H,5-8H2,1-4H3,(H,13,15)/t9-/m0/s1. The van der Waals surface area contributed by atoms with Crippen LogP contribution in [0.25, 0.3) is 0 Å². The third-order valence-corrected chi connectivity index (χ3v) is 2.33. The van der Waals surface area contributed by atoms with Crippen molar-refractivity contribution in [2.24, 2.45) is 0 Å². The van der Waals surface area contributed by atoms with Gasteiger partial charge in [0.15, 0.2) is 0 Å². The van der Waals surface area contributed by atoms with Gasteiger partial charge in [0.1, 0.15) is 0 Å². The molecule has 1 saturated heterocycles. The van der Waals surface area contributed by atoms with Crippen LogP contribution >= 0.6 is 0 Å². The average Bonchev–Trinajstić information content (AvgIpc) is 1.99. The number of nitrogens with one attached hydrogen (secondary N) is 2. The molecule has 0 radical (unpaired) electrons. The Morgan fingerprint density at radius 2 is 2.20 bits per heavy atom. The summed E-state index contributed by atoms with van der Waals surface area (Å²) in [5, 5.41) is 6.34. The first kappa shape index (κ1) is 12.5. The van der Waals surface area contributed by atoms with Crippen molar-refractivity contribution in [1.29, 1.82) is 0 Å². The summed E-state index contributed by atoms with van der Waals surface area (Å²) in [6, 6.07) is 0.487. The zero-order valence-electron chi connectivity index (χ0n) is 10.3. The quantitative estimate of drug-likeness (QED) is 0.688. The van der Waals surface area contributed by atoms with Crippen LogP contribution in [0.2, 0.25) is 0 Å². The van der Waals surface area contributed by atoms with Crippen LogP contribution in [0.3, 0.4) is 0 Å². The second-order valence-electron chi connectivity index (χ2n) is 5.39. The maximum atomic E-state index is 11.7. The fourth-order valence-electron chi connectivity index (χ4n) is 1.82. The molecule has 4 nitrogen and oxygen atoms in total. The zero-order chi connectivity index (χ0) is 11.5. The van der Waals surface area contributed by atoms with Crippen LogP contribution in [0.4, 0.5) is 0 Å². The molecule has 0 aromatic carbocycles. The van der Waals surface area contributed by atoms with Crippen molar-refractivity contribution in [1.82, 2.24) is 15.5 Å².